The fraction of sp³-hybridized carbons (Fsp3) is 0.133. The molecule has 2 rings (SSSR count). The first-order valence-corrected chi connectivity index (χ1v) is 5.91. The molecule has 19 heavy (non-hydrogen) atoms. The summed E-state index contributed by atoms with van der Waals surface area (Å²) in [4.78, 5) is 12.0. The molecule has 0 unspecified atom stereocenters. The van der Waals surface area contributed by atoms with Gasteiger partial charge in [-0.1, -0.05) is 6.07 Å². The molecular weight excluding hydrogens is 243 g/mol. The highest BCUT2D eigenvalue weighted by molar-refractivity contribution is 6.05. The van der Waals surface area contributed by atoms with E-state index in [2.05, 4.69) is 5.32 Å². The van der Waals surface area contributed by atoms with Gasteiger partial charge in [-0.15, -0.1) is 0 Å². The van der Waals surface area contributed by atoms with Gasteiger partial charge in [0.05, 0.1) is 11.4 Å². The number of amides is 1. The fourth-order valence-corrected chi connectivity index (χ4v) is 1.78. The van der Waals surface area contributed by atoms with Crippen molar-refractivity contribution >= 4 is 17.3 Å². The highest BCUT2D eigenvalue weighted by Crippen LogP contribution is 2.20. The van der Waals surface area contributed by atoms with Gasteiger partial charge in [0, 0.05) is 5.56 Å². The van der Waals surface area contributed by atoms with Gasteiger partial charge in [-0.2, -0.15) is 0 Å². The number of carbonyl (C=O) groups excluding carboxylic acids is 1. The minimum Gasteiger partial charge on any atom is -0.397 e. The third kappa shape index (κ3) is 2.91. The van der Waals surface area contributed by atoms with E-state index in [4.69, 9.17) is 5.73 Å². The van der Waals surface area contributed by atoms with Crippen LogP contribution in [0.2, 0.25) is 0 Å². The Morgan fingerprint density at radius 2 is 1.89 bits per heavy atom. The van der Waals surface area contributed by atoms with Gasteiger partial charge in [-0.25, -0.2) is 4.39 Å². The molecule has 98 valence electrons. The van der Waals surface area contributed by atoms with Crippen LogP contribution in [0.15, 0.2) is 36.4 Å². The minimum atomic E-state index is -0.327. The Kier molecular flexibility index (Phi) is 3.51. The van der Waals surface area contributed by atoms with Crippen LogP contribution < -0.4 is 11.1 Å². The van der Waals surface area contributed by atoms with Crippen LogP contribution in [0.4, 0.5) is 15.8 Å². The summed E-state index contributed by atoms with van der Waals surface area (Å²) in [5, 5.41) is 2.71. The van der Waals surface area contributed by atoms with Crippen LogP contribution in [0.25, 0.3) is 0 Å². The highest BCUT2D eigenvalue weighted by Gasteiger charge is 2.09. The molecule has 0 aliphatic heterocycles. The van der Waals surface area contributed by atoms with Crippen molar-refractivity contribution in [1.82, 2.24) is 0 Å². The predicted molar refractivity (Wildman–Crippen MR) is 74.7 cm³/mol. The third-order valence-corrected chi connectivity index (χ3v) is 2.88. The monoisotopic (exact) mass is 258 g/mol. The van der Waals surface area contributed by atoms with E-state index < -0.39 is 0 Å². The van der Waals surface area contributed by atoms with Crippen molar-refractivity contribution in [2.24, 2.45) is 0 Å². The lowest BCUT2D eigenvalue weighted by Gasteiger charge is -2.09. The second kappa shape index (κ2) is 5.10. The number of hydrogen-bond acceptors (Lipinski definition) is 2. The zero-order chi connectivity index (χ0) is 14.0. The molecule has 2 aromatic carbocycles. The van der Waals surface area contributed by atoms with Crippen LogP contribution >= 0.6 is 0 Å². The summed E-state index contributed by atoms with van der Waals surface area (Å²) in [6.07, 6.45) is 0. The molecule has 2 aromatic rings. The number of nitrogens with two attached hydrogens (primary N) is 1. The van der Waals surface area contributed by atoms with Crippen molar-refractivity contribution in [1.29, 1.82) is 0 Å². The molecule has 1 amide bonds. The number of benzene rings is 2. The topological polar surface area (TPSA) is 55.1 Å². The Morgan fingerprint density at radius 1 is 1.16 bits per heavy atom. The van der Waals surface area contributed by atoms with Crippen molar-refractivity contribution in [2.75, 3.05) is 11.1 Å². The highest BCUT2D eigenvalue weighted by atomic mass is 19.1. The number of nitrogens with one attached hydrogen (secondary N) is 1. The molecule has 0 atom stereocenters. The van der Waals surface area contributed by atoms with Crippen molar-refractivity contribution in [3.8, 4) is 0 Å². The zero-order valence-corrected chi connectivity index (χ0v) is 10.8. The summed E-state index contributed by atoms with van der Waals surface area (Å²) in [6, 6.07) is 9.63. The van der Waals surface area contributed by atoms with E-state index in [-0.39, 0.29) is 11.7 Å². The van der Waals surface area contributed by atoms with E-state index >= 15 is 0 Å². The van der Waals surface area contributed by atoms with Crippen LogP contribution in [0.3, 0.4) is 0 Å². The van der Waals surface area contributed by atoms with Gasteiger partial charge in [0.1, 0.15) is 5.82 Å². The maximum absolute atomic E-state index is 13.1. The van der Waals surface area contributed by atoms with Gasteiger partial charge in [0.2, 0.25) is 0 Å². The number of carbonyl (C=O) groups is 1. The number of nitrogen functional groups attached to an aromatic ring is 1. The molecular formula is C15H15FN2O. The molecule has 0 saturated heterocycles. The number of aryl methyl sites for hydroxylation is 2. The first kappa shape index (κ1) is 13.1. The van der Waals surface area contributed by atoms with Gasteiger partial charge in [-0.3, -0.25) is 4.79 Å². The van der Waals surface area contributed by atoms with Gasteiger partial charge in [0.15, 0.2) is 0 Å². The van der Waals surface area contributed by atoms with Crippen molar-refractivity contribution in [3.63, 3.8) is 0 Å². The number of halogens is 1. The van der Waals surface area contributed by atoms with Crippen LogP contribution in [0.5, 0.6) is 0 Å². The van der Waals surface area contributed by atoms with Gasteiger partial charge in [0.25, 0.3) is 5.91 Å². The summed E-state index contributed by atoms with van der Waals surface area (Å²) < 4.78 is 13.1. The fourth-order valence-electron chi connectivity index (χ4n) is 1.78. The minimum absolute atomic E-state index is 0.307. The molecule has 0 spiro atoms. The third-order valence-electron chi connectivity index (χ3n) is 2.88. The molecule has 0 aromatic heterocycles. The first-order chi connectivity index (χ1) is 8.97. The van der Waals surface area contributed by atoms with Crippen molar-refractivity contribution < 1.29 is 9.18 Å². The molecule has 0 aliphatic carbocycles. The quantitative estimate of drug-likeness (QED) is 0.812. The molecule has 0 aliphatic rings. The lowest BCUT2D eigenvalue weighted by Crippen LogP contribution is -2.13. The Hall–Kier alpha value is -2.36. The molecule has 4 heteroatoms. The van der Waals surface area contributed by atoms with Gasteiger partial charge >= 0.3 is 0 Å². The summed E-state index contributed by atoms with van der Waals surface area (Å²) in [7, 11) is 0. The number of rotatable bonds is 2. The average Bonchev–Trinajstić information content (AvgIpc) is 2.36. The van der Waals surface area contributed by atoms with E-state index in [9.17, 15) is 9.18 Å². The van der Waals surface area contributed by atoms with Crippen molar-refractivity contribution in [2.45, 2.75) is 13.8 Å². The van der Waals surface area contributed by atoms with Crippen molar-refractivity contribution in [3.05, 3.63) is 58.9 Å². The van der Waals surface area contributed by atoms with E-state index in [0.717, 1.165) is 5.56 Å². The number of hydrogen-bond donors (Lipinski definition) is 2. The van der Waals surface area contributed by atoms with E-state index in [1.54, 1.807) is 19.1 Å². The Morgan fingerprint density at radius 3 is 2.53 bits per heavy atom. The summed E-state index contributed by atoms with van der Waals surface area (Å²) in [5.41, 5.74) is 8.74. The Bertz CT molecular complexity index is 638. The zero-order valence-electron chi connectivity index (χ0n) is 10.8. The van der Waals surface area contributed by atoms with Crippen LogP contribution in [0.1, 0.15) is 21.5 Å². The molecule has 0 bridgehead atoms. The lowest BCUT2D eigenvalue weighted by atomic mass is 10.1. The van der Waals surface area contributed by atoms with E-state index in [0.29, 0.717) is 22.5 Å². The standard InChI is InChI=1S/C15H15FN2O/c1-9-3-6-14(13(17)7-9)18-15(19)11-4-5-12(16)10(2)8-11/h3-8H,17H2,1-2H3,(H,18,19). The molecule has 3 nitrogen and oxygen atoms in total. The molecule has 3 N–H and O–H groups in total. The van der Waals surface area contributed by atoms with Gasteiger partial charge < -0.3 is 11.1 Å². The van der Waals surface area contributed by atoms with E-state index in [1.807, 2.05) is 13.0 Å². The molecule has 0 saturated carbocycles. The first-order valence-electron chi connectivity index (χ1n) is 5.91. The predicted octanol–water partition coefficient (Wildman–Crippen LogP) is 3.28. The largest absolute Gasteiger partial charge is 0.397 e. The SMILES string of the molecule is Cc1ccc(NC(=O)c2ccc(F)c(C)c2)c(N)c1. The maximum atomic E-state index is 13.1. The normalized spacial score (nSPS) is 10.3. The average molecular weight is 258 g/mol. The smallest absolute Gasteiger partial charge is 0.255 e. The maximum Gasteiger partial charge on any atom is 0.255 e. The molecule has 0 radical (unpaired) electrons. The lowest BCUT2D eigenvalue weighted by molar-refractivity contribution is 0.102. The van der Waals surface area contributed by atoms with Crippen LogP contribution in [-0.4, -0.2) is 5.91 Å². The summed E-state index contributed by atoms with van der Waals surface area (Å²) in [5.74, 6) is -0.634. The van der Waals surface area contributed by atoms with E-state index in [1.165, 1.54) is 18.2 Å². The molecule has 0 fully saturated rings. The van der Waals surface area contributed by atoms with Crippen LogP contribution in [0, 0.1) is 19.7 Å². The summed E-state index contributed by atoms with van der Waals surface area (Å²) in [6.45, 7) is 3.54. The van der Waals surface area contributed by atoms with Gasteiger partial charge in [-0.05, 0) is 55.3 Å². The second-order valence-electron chi connectivity index (χ2n) is 4.51. The Balaban J connectivity index is 2.23. The molecule has 0 heterocycles. The number of anilines is 2. The van der Waals surface area contributed by atoms with Crippen LogP contribution in [-0.2, 0) is 0 Å². The summed E-state index contributed by atoms with van der Waals surface area (Å²) >= 11 is 0. The Labute approximate surface area is 111 Å². The second-order valence-corrected chi connectivity index (χ2v) is 4.51.